The lowest BCUT2D eigenvalue weighted by molar-refractivity contribution is 0.467. The van der Waals surface area contributed by atoms with Gasteiger partial charge in [-0.15, -0.1) is 0 Å². The van der Waals surface area contributed by atoms with Gasteiger partial charge in [-0.25, -0.2) is 0 Å². The highest BCUT2D eigenvalue weighted by Crippen LogP contribution is 2.19. The molecule has 0 fully saturated rings. The van der Waals surface area contributed by atoms with Crippen molar-refractivity contribution in [1.82, 2.24) is 0 Å². The Kier molecular flexibility index (Phi) is 4.74. The number of nitrogens with two attached hydrogens (primary N) is 1. The van der Waals surface area contributed by atoms with Crippen LogP contribution in [0, 0.1) is 5.41 Å². The zero-order valence-electron chi connectivity index (χ0n) is 11.5. The summed E-state index contributed by atoms with van der Waals surface area (Å²) in [5, 5.41) is 27.3. The van der Waals surface area contributed by atoms with Crippen LogP contribution >= 0.6 is 0 Å². The number of rotatable bonds is 5. The van der Waals surface area contributed by atoms with Crippen molar-refractivity contribution in [3.8, 4) is 11.5 Å². The molecule has 0 bridgehead atoms. The number of hydrogen-bond donors (Lipinski definition) is 4. The summed E-state index contributed by atoms with van der Waals surface area (Å²) in [5.74, 6) is 0.348. The minimum atomic E-state index is -0.514. The molecule has 0 heterocycles. The quantitative estimate of drug-likeness (QED) is 0.635. The fraction of sp³-hybridized carbons (Fsp3) is 0.118. The fourth-order valence-electron chi connectivity index (χ4n) is 1.96. The molecule has 4 heteroatoms. The van der Waals surface area contributed by atoms with Gasteiger partial charge in [0, 0.05) is 11.3 Å². The molecule has 5 N–H and O–H groups in total. The Morgan fingerprint density at radius 1 is 1.05 bits per heavy atom. The average Bonchev–Trinajstić information content (AvgIpc) is 2.48. The Balaban J connectivity index is 2.03. The van der Waals surface area contributed by atoms with Gasteiger partial charge in [0.15, 0.2) is 0 Å². The highest BCUT2D eigenvalue weighted by molar-refractivity contribution is 6.00. The first kappa shape index (κ1) is 14.8. The van der Waals surface area contributed by atoms with Gasteiger partial charge in [0.1, 0.15) is 11.5 Å². The highest BCUT2D eigenvalue weighted by Gasteiger charge is 2.10. The molecule has 2 aromatic rings. The van der Waals surface area contributed by atoms with E-state index in [1.807, 2.05) is 12.1 Å². The van der Waals surface area contributed by atoms with Crippen molar-refractivity contribution in [3.05, 3.63) is 65.7 Å². The van der Waals surface area contributed by atoms with E-state index in [4.69, 9.17) is 11.1 Å². The second kappa shape index (κ2) is 6.72. The molecule has 108 valence electrons. The standard InChI is InChI=1S/C17H18N2O2/c18-14(10-9-12-5-1-3-7-16(12)20)15(19)11-13-6-2-4-8-17(13)21/h1-10,15,18,20-21H,11,19H2. The zero-order valence-corrected chi connectivity index (χ0v) is 11.5. The van der Waals surface area contributed by atoms with E-state index in [2.05, 4.69) is 0 Å². The molecule has 21 heavy (non-hydrogen) atoms. The first-order valence-corrected chi connectivity index (χ1v) is 6.65. The van der Waals surface area contributed by atoms with E-state index in [1.165, 1.54) is 0 Å². The Morgan fingerprint density at radius 3 is 2.33 bits per heavy atom. The predicted molar refractivity (Wildman–Crippen MR) is 84.7 cm³/mol. The van der Waals surface area contributed by atoms with Gasteiger partial charge < -0.3 is 21.4 Å². The van der Waals surface area contributed by atoms with E-state index >= 15 is 0 Å². The zero-order chi connectivity index (χ0) is 15.2. The second-order valence-electron chi connectivity index (χ2n) is 4.79. The van der Waals surface area contributed by atoms with Crippen LogP contribution in [-0.2, 0) is 6.42 Å². The SMILES string of the molecule is N=C(C=Cc1ccccc1O)C(N)Cc1ccccc1O. The number of phenolic OH excluding ortho intramolecular Hbond substituents is 2. The maximum atomic E-state index is 9.71. The molecule has 1 unspecified atom stereocenters. The van der Waals surface area contributed by atoms with Crippen LogP contribution < -0.4 is 5.73 Å². The Labute approximate surface area is 123 Å². The molecule has 4 nitrogen and oxygen atoms in total. The van der Waals surface area contributed by atoms with Crippen molar-refractivity contribution < 1.29 is 10.2 Å². The molecule has 1 atom stereocenters. The maximum Gasteiger partial charge on any atom is 0.122 e. The largest absolute Gasteiger partial charge is 0.508 e. The first-order chi connectivity index (χ1) is 10.1. The third kappa shape index (κ3) is 3.94. The van der Waals surface area contributed by atoms with Crippen molar-refractivity contribution in [2.45, 2.75) is 12.5 Å². The molecule has 2 aromatic carbocycles. The van der Waals surface area contributed by atoms with Crippen molar-refractivity contribution >= 4 is 11.8 Å². The summed E-state index contributed by atoms with van der Waals surface area (Å²) in [6.07, 6.45) is 3.61. The Hall–Kier alpha value is -2.59. The maximum absolute atomic E-state index is 9.71. The molecule has 2 rings (SSSR count). The van der Waals surface area contributed by atoms with Crippen molar-refractivity contribution in [3.63, 3.8) is 0 Å². The van der Waals surface area contributed by atoms with E-state index in [0.717, 1.165) is 0 Å². The number of benzene rings is 2. The van der Waals surface area contributed by atoms with Gasteiger partial charge in [0.2, 0.25) is 0 Å². The van der Waals surface area contributed by atoms with Crippen LogP contribution in [0.3, 0.4) is 0 Å². The van der Waals surface area contributed by atoms with Crippen LogP contribution in [0.2, 0.25) is 0 Å². The normalized spacial score (nSPS) is 12.4. The number of aromatic hydroxyl groups is 2. The molecule has 0 radical (unpaired) electrons. The Morgan fingerprint density at radius 2 is 1.67 bits per heavy atom. The van der Waals surface area contributed by atoms with Crippen molar-refractivity contribution in [1.29, 1.82) is 5.41 Å². The molecule has 0 spiro atoms. The molecule has 0 saturated carbocycles. The van der Waals surface area contributed by atoms with E-state index in [0.29, 0.717) is 17.5 Å². The number of phenols is 2. The van der Waals surface area contributed by atoms with Gasteiger partial charge in [0.25, 0.3) is 0 Å². The van der Waals surface area contributed by atoms with Gasteiger partial charge in [-0.2, -0.15) is 0 Å². The molecular weight excluding hydrogens is 264 g/mol. The third-order valence-electron chi connectivity index (χ3n) is 3.21. The fourth-order valence-corrected chi connectivity index (χ4v) is 1.96. The van der Waals surface area contributed by atoms with Crippen LogP contribution in [0.25, 0.3) is 6.08 Å². The molecule has 0 aromatic heterocycles. The smallest absolute Gasteiger partial charge is 0.122 e. The topological polar surface area (TPSA) is 90.3 Å². The van der Waals surface area contributed by atoms with Crippen LogP contribution in [0.4, 0.5) is 0 Å². The molecular formula is C17H18N2O2. The summed E-state index contributed by atoms with van der Waals surface area (Å²) in [5.41, 5.74) is 7.56. The third-order valence-corrected chi connectivity index (χ3v) is 3.21. The minimum Gasteiger partial charge on any atom is -0.508 e. The second-order valence-corrected chi connectivity index (χ2v) is 4.79. The molecule has 0 aliphatic carbocycles. The summed E-state index contributed by atoms with van der Waals surface area (Å²) in [4.78, 5) is 0. The van der Waals surface area contributed by atoms with Gasteiger partial charge in [-0.05, 0) is 36.3 Å². The average molecular weight is 282 g/mol. The van der Waals surface area contributed by atoms with E-state index in [9.17, 15) is 10.2 Å². The van der Waals surface area contributed by atoms with Crippen LogP contribution in [0.1, 0.15) is 11.1 Å². The summed E-state index contributed by atoms with van der Waals surface area (Å²) in [6, 6.07) is 13.3. The summed E-state index contributed by atoms with van der Waals surface area (Å²) >= 11 is 0. The van der Waals surface area contributed by atoms with Gasteiger partial charge >= 0.3 is 0 Å². The van der Waals surface area contributed by atoms with Crippen molar-refractivity contribution in [2.75, 3.05) is 0 Å². The number of hydrogen-bond acceptors (Lipinski definition) is 4. The van der Waals surface area contributed by atoms with Gasteiger partial charge in [-0.3, -0.25) is 0 Å². The Bertz CT molecular complexity index is 665. The van der Waals surface area contributed by atoms with Crippen LogP contribution in [-0.4, -0.2) is 22.0 Å². The highest BCUT2D eigenvalue weighted by atomic mass is 16.3. The predicted octanol–water partition coefficient (Wildman–Crippen LogP) is 2.70. The summed E-state index contributed by atoms with van der Waals surface area (Å²) in [6.45, 7) is 0. The molecule has 0 saturated heterocycles. The molecule has 0 aliphatic rings. The minimum absolute atomic E-state index is 0.163. The lowest BCUT2D eigenvalue weighted by atomic mass is 10.0. The van der Waals surface area contributed by atoms with Gasteiger partial charge in [-0.1, -0.05) is 36.4 Å². The monoisotopic (exact) mass is 282 g/mol. The van der Waals surface area contributed by atoms with Crippen LogP contribution in [0.15, 0.2) is 54.6 Å². The lowest BCUT2D eigenvalue weighted by Crippen LogP contribution is -2.30. The van der Waals surface area contributed by atoms with E-state index in [-0.39, 0.29) is 17.2 Å². The van der Waals surface area contributed by atoms with E-state index < -0.39 is 6.04 Å². The lowest BCUT2D eigenvalue weighted by Gasteiger charge is -2.11. The first-order valence-electron chi connectivity index (χ1n) is 6.65. The van der Waals surface area contributed by atoms with Gasteiger partial charge in [0.05, 0.1) is 6.04 Å². The number of para-hydroxylation sites is 2. The number of nitrogens with one attached hydrogen (secondary N) is 1. The van der Waals surface area contributed by atoms with Crippen molar-refractivity contribution in [2.24, 2.45) is 5.73 Å². The molecule has 0 amide bonds. The summed E-state index contributed by atoms with van der Waals surface area (Å²) < 4.78 is 0. The van der Waals surface area contributed by atoms with E-state index in [1.54, 1.807) is 48.6 Å². The summed E-state index contributed by atoms with van der Waals surface area (Å²) in [7, 11) is 0. The molecule has 0 aliphatic heterocycles. The van der Waals surface area contributed by atoms with Crippen LogP contribution in [0.5, 0.6) is 11.5 Å².